The van der Waals surface area contributed by atoms with Gasteiger partial charge in [-0.2, -0.15) is 5.10 Å². The Hall–Kier alpha value is -1.03. The van der Waals surface area contributed by atoms with Crippen molar-refractivity contribution in [3.8, 4) is 5.75 Å². The first-order chi connectivity index (χ1) is 5.70. The van der Waals surface area contributed by atoms with Crippen LogP contribution in [0.2, 0.25) is 5.15 Å². The van der Waals surface area contributed by atoms with Crippen LogP contribution in [0.5, 0.6) is 5.75 Å². The molecule has 0 saturated carbocycles. The van der Waals surface area contributed by atoms with E-state index >= 15 is 0 Å². The molecule has 66 valence electrons. The molecule has 0 N–H and O–H groups in total. The van der Waals surface area contributed by atoms with Crippen LogP contribution in [0.25, 0.3) is 0 Å². The third-order valence-corrected chi connectivity index (χ3v) is 1.92. The molecule has 0 aliphatic carbocycles. The van der Waals surface area contributed by atoms with E-state index < -0.39 is 0 Å². The third kappa shape index (κ3) is 1.43. The van der Waals surface area contributed by atoms with E-state index in [0.29, 0.717) is 29.5 Å². The predicted molar refractivity (Wildman–Crippen MR) is 44.3 cm³/mol. The van der Waals surface area contributed by atoms with E-state index in [9.17, 15) is 4.79 Å². The van der Waals surface area contributed by atoms with Crippen molar-refractivity contribution in [1.82, 2.24) is 9.78 Å². The number of rotatable bonds is 3. The highest BCUT2D eigenvalue weighted by Crippen LogP contribution is 2.27. The fourth-order valence-electron chi connectivity index (χ4n) is 0.932. The number of carbonyl (C=O) groups excluding carboxylic acids is 1. The summed E-state index contributed by atoms with van der Waals surface area (Å²) in [5.41, 5.74) is 0.689. The van der Waals surface area contributed by atoms with Crippen molar-refractivity contribution < 1.29 is 9.53 Å². The van der Waals surface area contributed by atoms with Crippen molar-refractivity contribution in [3.05, 3.63) is 10.8 Å². The molecule has 0 aliphatic heterocycles. The first kappa shape index (κ1) is 9.06. The van der Waals surface area contributed by atoms with Gasteiger partial charge in [-0.05, 0) is 6.42 Å². The Labute approximate surface area is 75.1 Å². The Morgan fingerprint density at radius 2 is 2.42 bits per heavy atom. The monoisotopic (exact) mass is 188 g/mol. The predicted octanol–water partition coefficient (Wildman–Crippen LogP) is 1.17. The summed E-state index contributed by atoms with van der Waals surface area (Å²) in [6.45, 7) is 2.26. The van der Waals surface area contributed by atoms with Gasteiger partial charge in [0.1, 0.15) is 5.69 Å². The van der Waals surface area contributed by atoms with Gasteiger partial charge in [0.05, 0.1) is 0 Å². The Bertz CT molecular complexity index is 296. The molecule has 0 atom stereocenters. The van der Waals surface area contributed by atoms with Crippen LogP contribution in [0, 0.1) is 0 Å². The zero-order valence-electron chi connectivity index (χ0n) is 6.87. The van der Waals surface area contributed by atoms with Crippen molar-refractivity contribution in [2.24, 2.45) is 7.05 Å². The SMILES string of the molecule is CCc1nn(C)c(Cl)c1OC=O. The second kappa shape index (κ2) is 3.58. The van der Waals surface area contributed by atoms with E-state index in [2.05, 4.69) is 9.84 Å². The largest absolute Gasteiger partial charge is 0.423 e. The molecular formula is C7H9ClN2O2. The van der Waals surface area contributed by atoms with Crippen LogP contribution in [0.1, 0.15) is 12.6 Å². The van der Waals surface area contributed by atoms with Crippen molar-refractivity contribution in [2.75, 3.05) is 0 Å². The molecule has 0 bridgehead atoms. The Morgan fingerprint density at radius 3 is 2.92 bits per heavy atom. The third-order valence-electron chi connectivity index (χ3n) is 1.51. The number of halogens is 1. The zero-order chi connectivity index (χ0) is 9.14. The second-order valence-corrected chi connectivity index (χ2v) is 2.62. The van der Waals surface area contributed by atoms with E-state index in [1.54, 1.807) is 7.05 Å². The number of carbonyl (C=O) groups is 1. The lowest BCUT2D eigenvalue weighted by atomic mass is 10.3. The lowest BCUT2D eigenvalue weighted by Gasteiger charge is -1.95. The minimum Gasteiger partial charge on any atom is -0.423 e. The number of aromatic nitrogens is 2. The fourth-order valence-corrected chi connectivity index (χ4v) is 1.12. The molecule has 1 aromatic rings. The summed E-state index contributed by atoms with van der Waals surface area (Å²) in [6, 6.07) is 0. The van der Waals surface area contributed by atoms with Crippen molar-refractivity contribution in [3.63, 3.8) is 0 Å². The van der Waals surface area contributed by atoms with Crippen LogP contribution in [0.4, 0.5) is 0 Å². The highest BCUT2D eigenvalue weighted by atomic mass is 35.5. The van der Waals surface area contributed by atoms with Crippen molar-refractivity contribution in [2.45, 2.75) is 13.3 Å². The number of hydrogen-bond acceptors (Lipinski definition) is 3. The first-order valence-corrected chi connectivity index (χ1v) is 3.90. The molecule has 12 heavy (non-hydrogen) atoms. The molecule has 0 amide bonds. The summed E-state index contributed by atoms with van der Waals surface area (Å²) >= 11 is 5.79. The van der Waals surface area contributed by atoms with Gasteiger partial charge in [0.25, 0.3) is 6.47 Å². The lowest BCUT2D eigenvalue weighted by Crippen LogP contribution is -1.91. The van der Waals surface area contributed by atoms with Gasteiger partial charge in [0.15, 0.2) is 10.9 Å². The van der Waals surface area contributed by atoms with Crippen LogP contribution < -0.4 is 4.74 Å². The quantitative estimate of drug-likeness (QED) is 0.669. The van der Waals surface area contributed by atoms with Gasteiger partial charge in [-0.15, -0.1) is 0 Å². The maximum absolute atomic E-state index is 10.1. The lowest BCUT2D eigenvalue weighted by molar-refractivity contribution is -0.120. The number of hydrogen-bond donors (Lipinski definition) is 0. The minimum atomic E-state index is 0.346. The highest BCUT2D eigenvalue weighted by molar-refractivity contribution is 6.31. The standard InChI is InChI=1S/C7H9ClN2O2/c1-3-5-6(12-4-11)7(8)10(2)9-5/h4H,3H2,1-2H3. The van der Waals surface area contributed by atoms with E-state index in [1.807, 2.05) is 6.92 Å². The van der Waals surface area contributed by atoms with Gasteiger partial charge in [-0.3, -0.25) is 9.48 Å². The summed E-state index contributed by atoms with van der Waals surface area (Å²) in [5, 5.41) is 4.39. The number of nitrogens with zero attached hydrogens (tertiary/aromatic N) is 2. The maximum atomic E-state index is 10.1. The maximum Gasteiger partial charge on any atom is 0.298 e. The summed E-state index contributed by atoms with van der Waals surface area (Å²) < 4.78 is 6.16. The van der Waals surface area contributed by atoms with Gasteiger partial charge >= 0.3 is 0 Å². The van der Waals surface area contributed by atoms with E-state index in [-0.39, 0.29) is 0 Å². The van der Waals surface area contributed by atoms with Gasteiger partial charge in [-0.25, -0.2) is 0 Å². The zero-order valence-corrected chi connectivity index (χ0v) is 7.63. The van der Waals surface area contributed by atoms with Gasteiger partial charge in [0, 0.05) is 7.05 Å². The molecule has 5 heteroatoms. The van der Waals surface area contributed by atoms with Gasteiger partial charge in [-0.1, -0.05) is 18.5 Å². The normalized spacial score (nSPS) is 9.92. The second-order valence-electron chi connectivity index (χ2n) is 2.26. The minimum absolute atomic E-state index is 0.346. The molecule has 0 aromatic carbocycles. The molecule has 1 heterocycles. The van der Waals surface area contributed by atoms with Crippen LogP contribution >= 0.6 is 11.6 Å². The van der Waals surface area contributed by atoms with Gasteiger partial charge < -0.3 is 4.74 Å². The average Bonchev–Trinajstić information content (AvgIpc) is 2.33. The van der Waals surface area contributed by atoms with Crippen LogP contribution in [0.3, 0.4) is 0 Å². The number of ether oxygens (including phenoxy) is 1. The molecule has 4 nitrogen and oxygen atoms in total. The molecule has 0 saturated heterocycles. The molecule has 0 aliphatic rings. The summed E-state index contributed by atoms with van der Waals surface area (Å²) in [5.74, 6) is 0.358. The molecule has 1 aromatic heterocycles. The Balaban J connectivity index is 3.11. The van der Waals surface area contributed by atoms with Crippen molar-refractivity contribution >= 4 is 18.1 Å². The Morgan fingerprint density at radius 1 is 1.75 bits per heavy atom. The molecule has 0 spiro atoms. The molecule has 0 radical (unpaired) electrons. The van der Waals surface area contributed by atoms with E-state index in [0.717, 1.165) is 0 Å². The Kier molecular flexibility index (Phi) is 2.70. The summed E-state index contributed by atoms with van der Waals surface area (Å²) in [7, 11) is 1.69. The molecular weight excluding hydrogens is 180 g/mol. The van der Waals surface area contributed by atoms with Crippen LogP contribution in [-0.4, -0.2) is 16.3 Å². The molecule has 0 unspecified atom stereocenters. The summed E-state index contributed by atoms with van der Waals surface area (Å²) in [4.78, 5) is 10.1. The fraction of sp³-hybridized carbons (Fsp3) is 0.429. The molecule has 0 fully saturated rings. The number of aryl methyl sites for hydroxylation is 2. The van der Waals surface area contributed by atoms with Crippen LogP contribution in [0.15, 0.2) is 0 Å². The van der Waals surface area contributed by atoms with Crippen molar-refractivity contribution in [1.29, 1.82) is 0 Å². The highest BCUT2D eigenvalue weighted by Gasteiger charge is 2.13. The van der Waals surface area contributed by atoms with E-state index in [4.69, 9.17) is 11.6 Å². The topological polar surface area (TPSA) is 44.1 Å². The summed E-state index contributed by atoms with van der Waals surface area (Å²) in [6.07, 6.45) is 0.684. The average molecular weight is 189 g/mol. The van der Waals surface area contributed by atoms with Crippen LogP contribution in [-0.2, 0) is 18.3 Å². The van der Waals surface area contributed by atoms with Gasteiger partial charge in [0.2, 0.25) is 0 Å². The van der Waals surface area contributed by atoms with E-state index in [1.165, 1.54) is 4.68 Å². The smallest absolute Gasteiger partial charge is 0.298 e. The first-order valence-electron chi connectivity index (χ1n) is 3.52. The molecule has 1 rings (SSSR count).